The van der Waals surface area contributed by atoms with Gasteiger partial charge in [-0.15, -0.1) is 0 Å². The Kier molecular flexibility index (Phi) is 2.49. The molecule has 5 heteroatoms. The van der Waals surface area contributed by atoms with Gasteiger partial charge in [0, 0.05) is 5.56 Å². The number of phenolic OH excluding ortho intramolecular Hbond substituents is 1. The first-order valence-corrected chi connectivity index (χ1v) is 5.98. The molecule has 1 saturated carbocycles. The van der Waals surface area contributed by atoms with E-state index in [0.717, 1.165) is 25.7 Å². The monoisotopic (exact) mass is 247 g/mol. The molecule has 94 valence electrons. The molecular formula is C13H13NO4. The molecule has 5 nitrogen and oxygen atoms in total. The van der Waals surface area contributed by atoms with E-state index < -0.39 is 5.54 Å². The topological polar surface area (TPSA) is 68.1 Å². The van der Waals surface area contributed by atoms with Crippen LogP contribution >= 0.6 is 0 Å². The van der Waals surface area contributed by atoms with Crippen molar-refractivity contribution in [1.29, 1.82) is 0 Å². The van der Waals surface area contributed by atoms with Gasteiger partial charge in [0.1, 0.15) is 5.54 Å². The molecule has 1 N–H and O–H groups in total. The lowest BCUT2D eigenvalue weighted by atomic mass is 9.88. The van der Waals surface area contributed by atoms with E-state index in [1.807, 2.05) is 0 Å². The Morgan fingerprint density at radius 3 is 2.78 bits per heavy atom. The lowest BCUT2D eigenvalue weighted by Crippen LogP contribution is -2.19. The van der Waals surface area contributed by atoms with E-state index in [0.29, 0.717) is 17.1 Å². The van der Waals surface area contributed by atoms with Crippen LogP contribution in [0, 0.1) is 0 Å². The van der Waals surface area contributed by atoms with Crippen molar-refractivity contribution in [2.45, 2.75) is 31.2 Å². The van der Waals surface area contributed by atoms with Crippen molar-refractivity contribution in [1.82, 2.24) is 0 Å². The van der Waals surface area contributed by atoms with Crippen molar-refractivity contribution >= 4 is 6.08 Å². The van der Waals surface area contributed by atoms with Crippen molar-refractivity contribution in [3.05, 3.63) is 17.7 Å². The zero-order chi connectivity index (χ0) is 12.6. The van der Waals surface area contributed by atoms with Gasteiger partial charge in [0.15, 0.2) is 11.5 Å². The van der Waals surface area contributed by atoms with Crippen LogP contribution in [0.1, 0.15) is 31.2 Å². The van der Waals surface area contributed by atoms with E-state index in [1.165, 1.54) is 0 Å². The Balaban J connectivity index is 2.13. The van der Waals surface area contributed by atoms with Crippen molar-refractivity contribution in [2.75, 3.05) is 6.79 Å². The molecular weight excluding hydrogens is 234 g/mol. The van der Waals surface area contributed by atoms with Gasteiger partial charge in [-0.05, 0) is 25.0 Å². The molecule has 0 bridgehead atoms. The van der Waals surface area contributed by atoms with E-state index in [1.54, 1.807) is 18.2 Å². The van der Waals surface area contributed by atoms with Gasteiger partial charge >= 0.3 is 0 Å². The van der Waals surface area contributed by atoms with Crippen LogP contribution in [-0.2, 0) is 10.3 Å². The summed E-state index contributed by atoms with van der Waals surface area (Å²) in [5.41, 5.74) is -0.0140. The van der Waals surface area contributed by atoms with Gasteiger partial charge in [0.25, 0.3) is 0 Å². The second-order valence-corrected chi connectivity index (χ2v) is 4.64. The summed E-state index contributed by atoms with van der Waals surface area (Å²) in [4.78, 5) is 14.6. The Morgan fingerprint density at radius 1 is 1.28 bits per heavy atom. The van der Waals surface area contributed by atoms with Crippen LogP contribution in [0.25, 0.3) is 0 Å². The standard InChI is InChI=1S/C13H13NO4/c15-7-14-13(5-1-2-6-13)9-3-4-10-12(11(9)16)18-8-17-10/h3-4,16H,1-2,5-6,8H2. The number of ether oxygens (including phenoxy) is 2. The van der Waals surface area contributed by atoms with E-state index in [4.69, 9.17) is 9.47 Å². The van der Waals surface area contributed by atoms with Crippen molar-refractivity contribution in [2.24, 2.45) is 4.99 Å². The van der Waals surface area contributed by atoms with E-state index >= 15 is 0 Å². The van der Waals surface area contributed by atoms with Crippen LogP contribution in [0.4, 0.5) is 0 Å². The van der Waals surface area contributed by atoms with Gasteiger partial charge in [-0.25, -0.2) is 4.79 Å². The highest BCUT2D eigenvalue weighted by Gasteiger charge is 2.39. The normalized spacial score (nSPS) is 19.6. The number of aliphatic imine (C=N–C) groups is 1. The summed E-state index contributed by atoms with van der Waals surface area (Å²) in [6, 6.07) is 3.51. The van der Waals surface area contributed by atoms with Gasteiger partial charge in [0.05, 0.1) is 0 Å². The fourth-order valence-electron chi connectivity index (χ4n) is 2.82. The molecule has 1 aromatic rings. The van der Waals surface area contributed by atoms with Crippen molar-refractivity contribution in [3.8, 4) is 17.2 Å². The van der Waals surface area contributed by atoms with Gasteiger partial charge in [-0.3, -0.25) is 0 Å². The van der Waals surface area contributed by atoms with Crippen LogP contribution in [0.2, 0.25) is 0 Å². The fraction of sp³-hybridized carbons (Fsp3) is 0.462. The van der Waals surface area contributed by atoms with Gasteiger partial charge in [-0.2, -0.15) is 4.99 Å². The number of hydrogen-bond acceptors (Lipinski definition) is 5. The second kappa shape index (κ2) is 4.03. The molecule has 18 heavy (non-hydrogen) atoms. The average molecular weight is 247 g/mol. The smallest absolute Gasteiger partial charge is 0.235 e. The molecule has 0 aromatic heterocycles. The van der Waals surface area contributed by atoms with Crippen LogP contribution in [-0.4, -0.2) is 18.0 Å². The molecule has 2 aliphatic rings. The summed E-state index contributed by atoms with van der Waals surface area (Å²) < 4.78 is 10.4. The maximum Gasteiger partial charge on any atom is 0.235 e. The molecule has 0 amide bonds. The lowest BCUT2D eigenvalue weighted by Gasteiger charge is -2.24. The molecule has 0 unspecified atom stereocenters. The summed E-state index contributed by atoms with van der Waals surface area (Å²) in [7, 11) is 0. The van der Waals surface area contributed by atoms with Crippen molar-refractivity contribution < 1.29 is 19.4 Å². The number of nitrogens with zero attached hydrogens (tertiary/aromatic N) is 1. The molecule has 1 aromatic carbocycles. The number of fused-ring (bicyclic) bond motifs is 1. The number of phenols is 1. The first kappa shape index (κ1) is 11.1. The highest BCUT2D eigenvalue weighted by Crippen LogP contribution is 2.51. The Labute approximate surface area is 104 Å². The molecule has 3 rings (SSSR count). The van der Waals surface area contributed by atoms with Crippen LogP contribution in [0.3, 0.4) is 0 Å². The highest BCUT2D eigenvalue weighted by molar-refractivity contribution is 5.58. The largest absolute Gasteiger partial charge is 0.504 e. The quantitative estimate of drug-likeness (QED) is 0.642. The minimum atomic E-state index is -0.646. The summed E-state index contributed by atoms with van der Waals surface area (Å²) in [6.07, 6.45) is 5.10. The minimum Gasteiger partial charge on any atom is -0.504 e. The Hall–Kier alpha value is -2.00. The zero-order valence-electron chi connectivity index (χ0n) is 9.81. The third-order valence-electron chi connectivity index (χ3n) is 3.70. The van der Waals surface area contributed by atoms with Crippen molar-refractivity contribution in [3.63, 3.8) is 0 Å². The third kappa shape index (κ3) is 1.48. The third-order valence-corrected chi connectivity index (χ3v) is 3.70. The number of hydrogen-bond donors (Lipinski definition) is 1. The van der Waals surface area contributed by atoms with E-state index in [9.17, 15) is 9.90 Å². The molecule has 0 atom stereocenters. The van der Waals surface area contributed by atoms with Crippen LogP contribution in [0.15, 0.2) is 17.1 Å². The van der Waals surface area contributed by atoms with Crippen LogP contribution in [0.5, 0.6) is 17.2 Å². The second-order valence-electron chi connectivity index (χ2n) is 4.64. The maximum absolute atomic E-state index is 10.7. The van der Waals surface area contributed by atoms with Crippen LogP contribution < -0.4 is 9.47 Å². The first-order valence-electron chi connectivity index (χ1n) is 5.98. The highest BCUT2D eigenvalue weighted by atomic mass is 16.7. The molecule has 1 aliphatic heterocycles. The molecule has 1 heterocycles. The number of benzene rings is 1. The maximum atomic E-state index is 10.7. The first-order chi connectivity index (χ1) is 8.77. The molecule has 0 radical (unpaired) electrons. The summed E-state index contributed by atoms with van der Waals surface area (Å²) in [6.45, 7) is 0.107. The molecule has 0 spiro atoms. The van der Waals surface area contributed by atoms with Gasteiger partial charge < -0.3 is 14.6 Å². The van der Waals surface area contributed by atoms with Gasteiger partial charge in [-0.1, -0.05) is 12.8 Å². The van der Waals surface area contributed by atoms with E-state index in [-0.39, 0.29) is 12.5 Å². The number of aromatic hydroxyl groups is 1. The molecule has 1 fully saturated rings. The number of rotatable bonds is 2. The lowest BCUT2D eigenvalue weighted by molar-refractivity contribution is 0.171. The summed E-state index contributed by atoms with van der Waals surface area (Å²) in [5.74, 6) is 0.908. The van der Waals surface area contributed by atoms with E-state index in [2.05, 4.69) is 4.99 Å². The number of isocyanates is 1. The predicted octanol–water partition coefficient (Wildman–Crippen LogP) is 2.23. The molecule has 0 saturated heterocycles. The summed E-state index contributed by atoms with van der Waals surface area (Å²) in [5, 5.41) is 10.3. The average Bonchev–Trinajstić information content (AvgIpc) is 2.99. The Bertz CT molecular complexity index is 528. The fourth-order valence-corrected chi connectivity index (χ4v) is 2.82. The minimum absolute atomic E-state index is 0.0332. The predicted molar refractivity (Wildman–Crippen MR) is 62.5 cm³/mol. The summed E-state index contributed by atoms with van der Waals surface area (Å²) >= 11 is 0. The SMILES string of the molecule is O=C=NC1(c2ccc3c(c2O)OCO3)CCCC1. The Morgan fingerprint density at radius 2 is 2.06 bits per heavy atom. The molecule has 1 aliphatic carbocycles. The van der Waals surface area contributed by atoms with Gasteiger partial charge in [0.2, 0.25) is 18.6 Å². The number of carbonyl (C=O) groups excluding carboxylic acids is 1. The zero-order valence-corrected chi connectivity index (χ0v) is 9.81.